The van der Waals surface area contributed by atoms with Gasteiger partial charge in [0.1, 0.15) is 18.2 Å². The lowest BCUT2D eigenvalue weighted by Crippen LogP contribution is -2.34. The molecule has 1 amide bonds. The normalized spacial score (nSPS) is 25.6. The lowest BCUT2D eigenvalue weighted by molar-refractivity contribution is 0.00770. The first-order valence-electron chi connectivity index (χ1n) is 10.6. The van der Waals surface area contributed by atoms with E-state index in [-0.39, 0.29) is 23.7 Å². The van der Waals surface area contributed by atoms with E-state index in [0.29, 0.717) is 25.4 Å². The van der Waals surface area contributed by atoms with Gasteiger partial charge in [-0.05, 0) is 37.2 Å². The number of fused-ring (bicyclic) bond motifs is 1. The van der Waals surface area contributed by atoms with Crippen molar-refractivity contribution in [3.8, 4) is 0 Å². The highest BCUT2D eigenvalue weighted by molar-refractivity contribution is 5.84. The van der Waals surface area contributed by atoms with E-state index in [0.717, 1.165) is 5.69 Å². The molecule has 1 aromatic carbocycles. The summed E-state index contributed by atoms with van der Waals surface area (Å²) in [6.45, 7) is 7.90. The van der Waals surface area contributed by atoms with E-state index in [1.54, 1.807) is 4.68 Å². The molecule has 0 unspecified atom stereocenters. The van der Waals surface area contributed by atoms with E-state index in [2.05, 4.69) is 36.4 Å². The molecule has 0 bridgehead atoms. The van der Waals surface area contributed by atoms with Gasteiger partial charge in [0.25, 0.3) is 0 Å². The summed E-state index contributed by atoms with van der Waals surface area (Å²) in [7, 11) is 3.97. The Morgan fingerprint density at radius 1 is 1.19 bits per heavy atom. The van der Waals surface area contributed by atoms with Gasteiger partial charge in [0.05, 0.1) is 25.1 Å². The number of nitrogens with one attached hydrogen (secondary N) is 1. The van der Waals surface area contributed by atoms with Crippen molar-refractivity contribution >= 4 is 11.8 Å². The van der Waals surface area contributed by atoms with Crippen LogP contribution in [0.4, 0.5) is 10.5 Å². The van der Waals surface area contributed by atoms with Gasteiger partial charge in [0, 0.05) is 12.2 Å². The van der Waals surface area contributed by atoms with Crippen molar-refractivity contribution in [3.05, 3.63) is 41.7 Å². The highest BCUT2D eigenvalue weighted by atomic mass is 16.6. The standard InChI is InChI=1S/C22H31N5O4/c1-22(2,3)14-6-8-15(9-7-14)23-21(28)31-18-13-30-19-17(12-29-20(18)19)27-11-16(24-25-27)10-26(4)5/h6-9,11,17-20H,10,12-13H2,1-5H3,(H,23,28)/t17-,18+,19+,20+/m0/s1. The number of hydrogen-bond donors (Lipinski definition) is 1. The third-order valence-electron chi connectivity index (χ3n) is 5.61. The molecule has 0 aliphatic carbocycles. The lowest BCUT2D eigenvalue weighted by atomic mass is 9.87. The van der Waals surface area contributed by atoms with Gasteiger partial charge in [0.2, 0.25) is 0 Å². The van der Waals surface area contributed by atoms with Crippen LogP contribution < -0.4 is 5.32 Å². The zero-order valence-corrected chi connectivity index (χ0v) is 18.7. The summed E-state index contributed by atoms with van der Waals surface area (Å²) in [6, 6.07) is 7.70. The summed E-state index contributed by atoms with van der Waals surface area (Å²) in [5, 5.41) is 11.2. The van der Waals surface area contributed by atoms with Crippen molar-refractivity contribution in [3.63, 3.8) is 0 Å². The molecular weight excluding hydrogens is 398 g/mol. The first-order valence-corrected chi connectivity index (χ1v) is 10.6. The Kier molecular flexibility index (Phi) is 6.00. The maximum absolute atomic E-state index is 12.4. The smallest absolute Gasteiger partial charge is 0.412 e. The highest BCUT2D eigenvalue weighted by Gasteiger charge is 2.50. The van der Waals surface area contributed by atoms with Crippen LogP contribution >= 0.6 is 0 Å². The van der Waals surface area contributed by atoms with E-state index in [4.69, 9.17) is 14.2 Å². The van der Waals surface area contributed by atoms with Gasteiger partial charge in [-0.3, -0.25) is 5.32 Å². The Balaban J connectivity index is 1.33. The average molecular weight is 430 g/mol. The van der Waals surface area contributed by atoms with Crippen LogP contribution in [0, 0.1) is 0 Å². The maximum atomic E-state index is 12.4. The van der Waals surface area contributed by atoms with Crippen molar-refractivity contribution in [2.75, 3.05) is 32.6 Å². The largest absolute Gasteiger partial charge is 0.441 e. The lowest BCUT2D eigenvalue weighted by Gasteiger charge is -2.20. The fraction of sp³-hybridized carbons (Fsp3) is 0.591. The maximum Gasteiger partial charge on any atom is 0.412 e. The van der Waals surface area contributed by atoms with Crippen LogP contribution in [0.1, 0.15) is 38.1 Å². The molecule has 1 N–H and O–H groups in total. The van der Waals surface area contributed by atoms with Crippen LogP contribution in [0.2, 0.25) is 0 Å². The van der Waals surface area contributed by atoms with Crippen LogP contribution in [0.5, 0.6) is 0 Å². The second-order valence-corrected chi connectivity index (χ2v) is 9.49. The number of carbonyl (C=O) groups excluding carboxylic acids is 1. The summed E-state index contributed by atoms with van der Waals surface area (Å²) in [5.74, 6) is 0. The predicted octanol–water partition coefficient (Wildman–Crippen LogP) is 2.59. The van der Waals surface area contributed by atoms with Crippen LogP contribution in [0.25, 0.3) is 0 Å². The van der Waals surface area contributed by atoms with Gasteiger partial charge < -0.3 is 19.1 Å². The monoisotopic (exact) mass is 429 g/mol. The minimum absolute atomic E-state index is 0.0584. The molecule has 4 atom stereocenters. The molecule has 9 heteroatoms. The highest BCUT2D eigenvalue weighted by Crippen LogP contribution is 2.35. The number of anilines is 1. The molecule has 2 aliphatic heterocycles. The van der Waals surface area contributed by atoms with Gasteiger partial charge in [-0.25, -0.2) is 9.48 Å². The fourth-order valence-electron chi connectivity index (χ4n) is 3.98. The number of rotatable bonds is 5. The second kappa shape index (κ2) is 8.57. The van der Waals surface area contributed by atoms with Gasteiger partial charge in [-0.1, -0.05) is 38.1 Å². The number of carbonyl (C=O) groups is 1. The van der Waals surface area contributed by atoms with Crippen LogP contribution in [-0.4, -0.2) is 71.6 Å². The number of amides is 1. The van der Waals surface area contributed by atoms with Gasteiger partial charge in [0.15, 0.2) is 6.10 Å². The molecule has 4 rings (SSSR count). The number of aromatic nitrogens is 3. The molecule has 3 heterocycles. The zero-order chi connectivity index (χ0) is 22.2. The molecule has 0 radical (unpaired) electrons. The Morgan fingerprint density at radius 3 is 2.58 bits per heavy atom. The van der Waals surface area contributed by atoms with Crippen LogP contribution in [-0.2, 0) is 26.2 Å². The van der Waals surface area contributed by atoms with Crippen LogP contribution in [0.3, 0.4) is 0 Å². The molecule has 0 spiro atoms. The van der Waals surface area contributed by atoms with Gasteiger partial charge >= 0.3 is 6.09 Å². The molecule has 2 saturated heterocycles. The van der Waals surface area contributed by atoms with E-state index in [1.165, 1.54) is 5.56 Å². The van der Waals surface area contributed by atoms with E-state index >= 15 is 0 Å². The minimum atomic E-state index is -0.515. The Morgan fingerprint density at radius 2 is 1.90 bits per heavy atom. The topological polar surface area (TPSA) is 90.7 Å². The fourth-order valence-corrected chi connectivity index (χ4v) is 3.98. The second-order valence-electron chi connectivity index (χ2n) is 9.49. The zero-order valence-electron chi connectivity index (χ0n) is 18.7. The molecule has 1 aromatic heterocycles. The number of benzene rings is 1. The van der Waals surface area contributed by atoms with Crippen molar-refractivity contribution in [2.24, 2.45) is 0 Å². The van der Waals surface area contributed by atoms with Crippen molar-refractivity contribution < 1.29 is 19.0 Å². The quantitative estimate of drug-likeness (QED) is 0.781. The van der Waals surface area contributed by atoms with Gasteiger partial charge in [-0.2, -0.15) is 0 Å². The van der Waals surface area contributed by atoms with Gasteiger partial charge in [-0.15, -0.1) is 5.10 Å². The predicted molar refractivity (Wildman–Crippen MR) is 115 cm³/mol. The molecular formula is C22H31N5O4. The van der Waals surface area contributed by atoms with Crippen molar-refractivity contribution in [1.29, 1.82) is 0 Å². The molecule has 9 nitrogen and oxygen atoms in total. The van der Waals surface area contributed by atoms with Crippen molar-refractivity contribution in [1.82, 2.24) is 19.9 Å². The SMILES string of the molecule is CN(C)Cc1cn([C@H]2CO[C@H]3[C@@H]2OC[C@H]3OC(=O)Nc2ccc(C(C)(C)C)cc2)nn1. The third kappa shape index (κ3) is 4.89. The first-order chi connectivity index (χ1) is 14.7. The Bertz CT molecular complexity index is 905. The van der Waals surface area contributed by atoms with Crippen molar-refractivity contribution in [2.45, 2.75) is 57.1 Å². The summed E-state index contributed by atoms with van der Waals surface area (Å²) >= 11 is 0. The Labute approximate surface area is 182 Å². The molecule has 0 saturated carbocycles. The molecule has 2 aliphatic rings. The number of nitrogens with zero attached hydrogens (tertiary/aromatic N) is 4. The molecule has 2 aromatic rings. The molecule has 2 fully saturated rings. The van der Waals surface area contributed by atoms with E-state index in [9.17, 15) is 4.79 Å². The average Bonchev–Trinajstić information content (AvgIpc) is 3.39. The minimum Gasteiger partial charge on any atom is -0.441 e. The van der Waals surface area contributed by atoms with Crippen LogP contribution in [0.15, 0.2) is 30.5 Å². The Hall–Kier alpha value is -2.49. The summed E-state index contributed by atoms with van der Waals surface area (Å²) in [4.78, 5) is 14.5. The third-order valence-corrected chi connectivity index (χ3v) is 5.61. The summed E-state index contributed by atoms with van der Waals surface area (Å²) < 4.78 is 19.3. The molecule has 31 heavy (non-hydrogen) atoms. The first kappa shape index (κ1) is 21.7. The summed E-state index contributed by atoms with van der Waals surface area (Å²) in [6.07, 6.45) is 0.396. The molecule has 168 valence electrons. The number of ether oxygens (including phenoxy) is 3. The number of hydrogen-bond acceptors (Lipinski definition) is 7. The summed E-state index contributed by atoms with van der Waals surface area (Å²) in [5.41, 5.74) is 2.83. The van der Waals surface area contributed by atoms with E-state index in [1.807, 2.05) is 49.5 Å². The van der Waals surface area contributed by atoms with E-state index < -0.39 is 12.2 Å².